The fraction of sp³-hybridized carbons (Fsp3) is 0.565. The SMILES string of the molecule is COC(=O)[C@@H](Cc1ccc(O)cc1)NC(=O)[C@@H](CC(=O)OC(C)(C)C)NC(=O)OC(C)(C)C. The number of carbonyl (C=O) groups is 4. The molecule has 0 saturated carbocycles. The summed E-state index contributed by atoms with van der Waals surface area (Å²) in [4.78, 5) is 49.8. The number of nitrogens with one attached hydrogen (secondary N) is 2. The van der Waals surface area contributed by atoms with Crippen LogP contribution in [0.15, 0.2) is 24.3 Å². The molecule has 2 amide bonds. The molecule has 0 saturated heterocycles. The third-order valence-corrected chi connectivity index (χ3v) is 3.98. The van der Waals surface area contributed by atoms with Crippen molar-refractivity contribution in [1.29, 1.82) is 0 Å². The van der Waals surface area contributed by atoms with Crippen LogP contribution >= 0.6 is 0 Å². The molecule has 0 bridgehead atoms. The third kappa shape index (κ3) is 11.2. The van der Waals surface area contributed by atoms with Gasteiger partial charge in [-0.1, -0.05) is 12.1 Å². The number of benzene rings is 1. The minimum Gasteiger partial charge on any atom is -0.508 e. The molecule has 1 aromatic rings. The number of carbonyl (C=O) groups excluding carboxylic acids is 4. The zero-order valence-corrected chi connectivity index (χ0v) is 20.2. The molecule has 0 spiro atoms. The van der Waals surface area contributed by atoms with Crippen molar-refractivity contribution in [1.82, 2.24) is 10.6 Å². The maximum absolute atomic E-state index is 13.0. The molecule has 0 radical (unpaired) electrons. The molecule has 0 unspecified atom stereocenters. The number of rotatable bonds is 8. The van der Waals surface area contributed by atoms with Gasteiger partial charge >= 0.3 is 18.0 Å². The number of esters is 2. The van der Waals surface area contributed by atoms with Crippen molar-refractivity contribution in [2.24, 2.45) is 0 Å². The lowest BCUT2D eigenvalue weighted by Crippen LogP contribution is -2.54. The molecule has 33 heavy (non-hydrogen) atoms. The fourth-order valence-corrected chi connectivity index (χ4v) is 2.68. The van der Waals surface area contributed by atoms with E-state index in [1.807, 2.05) is 0 Å². The second-order valence-corrected chi connectivity index (χ2v) is 9.44. The first kappa shape index (κ1) is 27.7. The summed E-state index contributed by atoms with van der Waals surface area (Å²) in [5.41, 5.74) is -0.977. The Balaban J connectivity index is 3.04. The predicted molar refractivity (Wildman–Crippen MR) is 119 cm³/mol. The summed E-state index contributed by atoms with van der Waals surface area (Å²) in [5.74, 6) is -2.17. The first-order chi connectivity index (χ1) is 15.1. The first-order valence-electron chi connectivity index (χ1n) is 10.5. The van der Waals surface area contributed by atoms with Crippen molar-refractivity contribution >= 4 is 23.9 Å². The van der Waals surface area contributed by atoms with Gasteiger partial charge in [0.05, 0.1) is 13.5 Å². The molecule has 0 aliphatic heterocycles. The molecule has 10 heteroatoms. The van der Waals surface area contributed by atoms with Crippen LogP contribution in [-0.4, -0.2) is 59.4 Å². The number of phenolic OH excluding ortho intramolecular Hbond substituents is 1. The summed E-state index contributed by atoms with van der Waals surface area (Å²) in [7, 11) is 1.18. The van der Waals surface area contributed by atoms with Crippen molar-refractivity contribution in [3.8, 4) is 5.75 Å². The van der Waals surface area contributed by atoms with Crippen LogP contribution in [0.25, 0.3) is 0 Å². The van der Waals surface area contributed by atoms with E-state index < -0.39 is 53.6 Å². The lowest BCUT2D eigenvalue weighted by molar-refractivity contribution is -0.156. The van der Waals surface area contributed by atoms with Gasteiger partial charge in [-0.2, -0.15) is 0 Å². The van der Waals surface area contributed by atoms with Crippen LogP contribution in [0.1, 0.15) is 53.5 Å². The minimum atomic E-state index is -1.36. The van der Waals surface area contributed by atoms with Crippen molar-refractivity contribution in [2.45, 2.75) is 77.7 Å². The van der Waals surface area contributed by atoms with Gasteiger partial charge in [-0.05, 0) is 59.2 Å². The van der Waals surface area contributed by atoms with E-state index in [4.69, 9.17) is 14.2 Å². The largest absolute Gasteiger partial charge is 0.508 e. The quantitative estimate of drug-likeness (QED) is 0.391. The molecule has 0 fully saturated rings. The third-order valence-electron chi connectivity index (χ3n) is 3.98. The minimum absolute atomic E-state index is 0.0522. The zero-order valence-electron chi connectivity index (χ0n) is 20.2. The Kier molecular flexibility index (Phi) is 9.69. The van der Waals surface area contributed by atoms with Gasteiger partial charge in [0.2, 0.25) is 5.91 Å². The molecular weight excluding hydrogens is 432 g/mol. The van der Waals surface area contributed by atoms with E-state index in [0.29, 0.717) is 5.56 Å². The van der Waals surface area contributed by atoms with Crippen LogP contribution in [0.4, 0.5) is 4.79 Å². The Morgan fingerprint density at radius 3 is 1.91 bits per heavy atom. The topological polar surface area (TPSA) is 140 Å². The highest BCUT2D eigenvalue weighted by Crippen LogP contribution is 2.14. The summed E-state index contributed by atoms with van der Waals surface area (Å²) in [5, 5.41) is 14.3. The lowest BCUT2D eigenvalue weighted by Gasteiger charge is -2.26. The average Bonchev–Trinajstić information content (AvgIpc) is 2.64. The Morgan fingerprint density at radius 1 is 0.879 bits per heavy atom. The van der Waals surface area contributed by atoms with Gasteiger partial charge in [0.1, 0.15) is 29.0 Å². The molecule has 0 aliphatic carbocycles. The summed E-state index contributed by atoms with van der Waals surface area (Å²) in [6.45, 7) is 9.98. The summed E-state index contributed by atoms with van der Waals surface area (Å²) >= 11 is 0. The summed E-state index contributed by atoms with van der Waals surface area (Å²) in [6.07, 6.45) is -1.32. The van der Waals surface area contributed by atoms with E-state index in [2.05, 4.69) is 10.6 Å². The lowest BCUT2D eigenvalue weighted by atomic mass is 10.0. The smallest absolute Gasteiger partial charge is 0.408 e. The second-order valence-electron chi connectivity index (χ2n) is 9.44. The number of hydrogen-bond acceptors (Lipinski definition) is 8. The number of phenols is 1. The van der Waals surface area contributed by atoms with E-state index >= 15 is 0 Å². The van der Waals surface area contributed by atoms with Gasteiger partial charge < -0.3 is 30.0 Å². The standard InChI is InChI=1S/C23H34N2O8/c1-22(2,3)32-18(27)13-16(25-21(30)33-23(4,5)6)19(28)24-17(20(29)31-7)12-14-8-10-15(26)11-9-14/h8-11,16-17,26H,12-13H2,1-7H3,(H,24,28)(H,25,30)/t16-,17-/m1/s1. The van der Waals surface area contributed by atoms with E-state index in [0.717, 1.165) is 0 Å². The van der Waals surface area contributed by atoms with Crippen molar-refractivity contribution in [3.63, 3.8) is 0 Å². The van der Waals surface area contributed by atoms with Crippen LogP contribution in [0.2, 0.25) is 0 Å². The Hall–Kier alpha value is -3.30. The van der Waals surface area contributed by atoms with Crippen molar-refractivity contribution in [2.75, 3.05) is 7.11 Å². The van der Waals surface area contributed by atoms with E-state index in [1.54, 1.807) is 53.7 Å². The number of hydrogen-bond donors (Lipinski definition) is 3. The van der Waals surface area contributed by atoms with Crippen LogP contribution < -0.4 is 10.6 Å². The number of alkyl carbamates (subject to hydrolysis) is 1. The van der Waals surface area contributed by atoms with Crippen LogP contribution in [0.5, 0.6) is 5.75 Å². The maximum Gasteiger partial charge on any atom is 0.408 e. The van der Waals surface area contributed by atoms with Crippen molar-refractivity contribution < 1.29 is 38.5 Å². The number of amides is 2. The monoisotopic (exact) mass is 466 g/mol. The number of ether oxygens (including phenoxy) is 3. The average molecular weight is 467 g/mol. The Morgan fingerprint density at radius 2 is 1.42 bits per heavy atom. The first-order valence-corrected chi connectivity index (χ1v) is 10.5. The van der Waals surface area contributed by atoms with E-state index in [1.165, 1.54) is 19.2 Å². The predicted octanol–water partition coefficient (Wildman–Crippen LogP) is 2.22. The summed E-state index contributed by atoms with van der Waals surface area (Å²) < 4.78 is 15.2. The van der Waals surface area contributed by atoms with Crippen molar-refractivity contribution in [3.05, 3.63) is 29.8 Å². The Bertz CT molecular complexity index is 808. The maximum atomic E-state index is 13.0. The van der Waals surface area contributed by atoms with Crippen LogP contribution in [-0.2, 0) is 35.0 Å². The number of methoxy groups -OCH3 is 1. The fourth-order valence-electron chi connectivity index (χ4n) is 2.68. The molecule has 0 heterocycles. The molecule has 3 N–H and O–H groups in total. The van der Waals surface area contributed by atoms with Crippen LogP contribution in [0, 0.1) is 0 Å². The molecule has 184 valence electrons. The van der Waals surface area contributed by atoms with E-state index in [9.17, 15) is 24.3 Å². The summed E-state index contributed by atoms with van der Waals surface area (Å²) in [6, 6.07) is 3.61. The van der Waals surface area contributed by atoms with Gasteiger partial charge in [-0.3, -0.25) is 9.59 Å². The van der Waals surface area contributed by atoms with Gasteiger partial charge in [-0.25, -0.2) is 9.59 Å². The molecule has 1 aromatic carbocycles. The van der Waals surface area contributed by atoms with Gasteiger partial charge in [0.15, 0.2) is 0 Å². The molecule has 0 aromatic heterocycles. The molecular formula is C23H34N2O8. The molecule has 0 aliphatic rings. The zero-order chi connectivity index (χ0) is 25.4. The highest BCUT2D eigenvalue weighted by molar-refractivity contribution is 5.92. The molecule has 1 rings (SSSR count). The normalized spacial score (nSPS) is 13.3. The molecule has 10 nitrogen and oxygen atoms in total. The molecule has 2 atom stereocenters. The van der Waals surface area contributed by atoms with Gasteiger partial charge in [-0.15, -0.1) is 0 Å². The second kappa shape index (κ2) is 11.5. The van der Waals surface area contributed by atoms with E-state index in [-0.39, 0.29) is 12.2 Å². The van der Waals surface area contributed by atoms with Crippen LogP contribution in [0.3, 0.4) is 0 Å². The Labute approximate surface area is 194 Å². The van der Waals surface area contributed by atoms with Gasteiger partial charge in [0.25, 0.3) is 0 Å². The van der Waals surface area contributed by atoms with Gasteiger partial charge in [0, 0.05) is 6.42 Å². The number of aromatic hydroxyl groups is 1. The highest BCUT2D eigenvalue weighted by Gasteiger charge is 2.32. The highest BCUT2D eigenvalue weighted by atomic mass is 16.6.